The van der Waals surface area contributed by atoms with Gasteiger partial charge in [-0.3, -0.25) is 29.0 Å². The first-order valence-electron chi connectivity index (χ1n) is 15.5. The summed E-state index contributed by atoms with van der Waals surface area (Å²) in [7, 11) is 4.56. The largest absolute Gasteiger partial charge is 0.465 e. The Balaban J connectivity index is 1.25. The first kappa shape index (κ1) is 33.3. The summed E-state index contributed by atoms with van der Waals surface area (Å²) in [5.74, 6) is -1.05. The smallest absolute Gasteiger partial charge is 0.338 e. The van der Waals surface area contributed by atoms with Crippen molar-refractivity contribution in [1.29, 1.82) is 0 Å². The third-order valence-corrected chi connectivity index (χ3v) is 8.32. The molecule has 1 saturated heterocycles. The Hall–Kier alpha value is -5.04. The fourth-order valence-corrected chi connectivity index (χ4v) is 5.63. The van der Waals surface area contributed by atoms with Crippen molar-refractivity contribution >= 4 is 46.3 Å². The molecule has 3 aromatic carbocycles. The van der Waals surface area contributed by atoms with Gasteiger partial charge in [-0.15, -0.1) is 0 Å². The van der Waals surface area contributed by atoms with Gasteiger partial charge in [-0.25, -0.2) is 9.86 Å². The zero-order valence-corrected chi connectivity index (χ0v) is 27.1. The highest BCUT2D eigenvalue weighted by molar-refractivity contribution is 6.37. The predicted molar refractivity (Wildman–Crippen MR) is 179 cm³/mol. The number of hydrogen-bond acceptors (Lipinski definition) is 9. The first-order valence-corrected chi connectivity index (χ1v) is 15.5. The van der Waals surface area contributed by atoms with E-state index in [1.807, 2.05) is 36.4 Å². The highest BCUT2D eigenvalue weighted by atomic mass is 16.7. The number of nitrogens with one attached hydrogen (secondary N) is 3. The van der Waals surface area contributed by atoms with Gasteiger partial charge in [-0.2, -0.15) is 0 Å². The fourth-order valence-electron chi connectivity index (χ4n) is 5.63. The second-order valence-corrected chi connectivity index (χ2v) is 11.4. The molecule has 1 fully saturated rings. The molecule has 0 bridgehead atoms. The van der Waals surface area contributed by atoms with Gasteiger partial charge in [-0.1, -0.05) is 30.3 Å². The van der Waals surface area contributed by atoms with Crippen LogP contribution in [0.5, 0.6) is 0 Å². The molecule has 246 valence electrons. The van der Waals surface area contributed by atoms with Gasteiger partial charge in [0, 0.05) is 63.6 Å². The zero-order valence-electron chi connectivity index (χ0n) is 27.1. The van der Waals surface area contributed by atoms with Gasteiger partial charge in [0.15, 0.2) is 0 Å². The number of ether oxygens (including phenoxy) is 1. The monoisotopic (exact) mass is 640 g/mol. The number of carbonyl (C=O) groups is 4. The lowest BCUT2D eigenvalue weighted by atomic mass is 9.96. The summed E-state index contributed by atoms with van der Waals surface area (Å²) in [4.78, 5) is 60.4. The third kappa shape index (κ3) is 7.86. The summed E-state index contributed by atoms with van der Waals surface area (Å²) >= 11 is 0. The number of piperazine rings is 1. The van der Waals surface area contributed by atoms with E-state index in [4.69, 9.17) is 9.57 Å². The van der Waals surface area contributed by atoms with Crippen molar-refractivity contribution in [1.82, 2.24) is 20.2 Å². The van der Waals surface area contributed by atoms with Gasteiger partial charge >= 0.3 is 5.97 Å². The fraction of sp³-hybridized carbons (Fsp3) is 0.314. The number of carbonyl (C=O) groups excluding carboxylic acids is 4. The number of likely N-dealkylation sites (N-methyl/N-ethyl adjacent to an activating group) is 1. The number of anilines is 2. The van der Waals surface area contributed by atoms with E-state index in [-0.39, 0.29) is 17.7 Å². The highest BCUT2D eigenvalue weighted by Crippen LogP contribution is 2.39. The van der Waals surface area contributed by atoms with E-state index in [9.17, 15) is 19.2 Å². The molecule has 3 amide bonds. The summed E-state index contributed by atoms with van der Waals surface area (Å²) in [5.41, 5.74) is 5.21. The third-order valence-electron chi connectivity index (χ3n) is 8.32. The molecule has 0 aromatic heterocycles. The lowest BCUT2D eigenvalue weighted by Gasteiger charge is -2.34. The molecule has 2 aliphatic heterocycles. The molecular weight excluding hydrogens is 600 g/mol. The molecule has 47 heavy (non-hydrogen) atoms. The molecule has 12 heteroatoms. The molecule has 5 rings (SSSR count). The van der Waals surface area contributed by atoms with Crippen molar-refractivity contribution in [2.24, 2.45) is 0 Å². The molecule has 0 spiro atoms. The van der Waals surface area contributed by atoms with Gasteiger partial charge < -0.3 is 20.7 Å². The lowest BCUT2D eigenvalue weighted by molar-refractivity contribution is -0.122. The van der Waals surface area contributed by atoms with Crippen LogP contribution in [-0.2, 0) is 19.2 Å². The van der Waals surface area contributed by atoms with Crippen LogP contribution < -0.4 is 16.0 Å². The van der Waals surface area contributed by atoms with Crippen molar-refractivity contribution < 1.29 is 28.8 Å². The molecular formula is C35H40N6O6. The van der Waals surface area contributed by atoms with Crippen LogP contribution >= 0.6 is 0 Å². The Morgan fingerprint density at radius 1 is 0.936 bits per heavy atom. The van der Waals surface area contributed by atoms with Crippen LogP contribution in [0.4, 0.5) is 11.4 Å². The van der Waals surface area contributed by atoms with E-state index < -0.39 is 5.97 Å². The summed E-state index contributed by atoms with van der Waals surface area (Å²) in [6, 6.07) is 19.9. The minimum atomic E-state index is -0.474. The number of nitrogens with zero attached hydrogens (tertiary/aromatic N) is 3. The van der Waals surface area contributed by atoms with E-state index in [1.165, 1.54) is 12.2 Å². The molecule has 0 radical (unpaired) electrons. The van der Waals surface area contributed by atoms with E-state index >= 15 is 0 Å². The minimum absolute atomic E-state index is 0.0122. The molecule has 2 aliphatic rings. The van der Waals surface area contributed by atoms with Gasteiger partial charge in [0.25, 0.3) is 11.8 Å². The summed E-state index contributed by atoms with van der Waals surface area (Å²) in [5, 5.41) is 10.2. The standard InChI is InChI=1S/C35H40N6O6/c1-23-20-28-29(21-27(23)35(45)46-4)38-33(43)31(28)32(24-8-6-5-7-9-24)37-26-12-10-25(11-13-26)34(44)39(3)47-19-18-40-14-16-41(17-15-40)22-30(42)36-2/h5-13,20-21,37H,14-19,22H2,1-4H3,(H,36,42)(H,38,43)/b32-31-. The number of rotatable bonds is 11. The van der Waals surface area contributed by atoms with Gasteiger partial charge in [0.05, 0.1) is 42.8 Å². The van der Waals surface area contributed by atoms with Gasteiger partial charge in [0.2, 0.25) is 5.91 Å². The number of benzene rings is 3. The van der Waals surface area contributed by atoms with Crippen LogP contribution in [0.1, 0.15) is 37.4 Å². The second kappa shape index (κ2) is 15.0. The quantitative estimate of drug-likeness (QED) is 0.164. The van der Waals surface area contributed by atoms with Gasteiger partial charge in [-0.05, 0) is 54.4 Å². The second-order valence-electron chi connectivity index (χ2n) is 11.4. The van der Waals surface area contributed by atoms with E-state index in [0.29, 0.717) is 64.6 Å². The van der Waals surface area contributed by atoms with Crippen molar-refractivity contribution in [2.75, 3.05) is 77.7 Å². The van der Waals surface area contributed by atoms with E-state index in [0.717, 1.165) is 31.7 Å². The average Bonchev–Trinajstić information content (AvgIpc) is 3.41. The van der Waals surface area contributed by atoms with Crippen LogP contribution in [0.25, 0.3) is 11.3 Å². The molecule has 12 nitrogen and oxygen atoms in total. The number of hydrogen-bond donors (Lipinski definition) is 3. The number of amides is 3. The first-order chi connectivity index (χ1) is 22.7. The summed E-state index contributed by atoms with van der Waals surface area (Å²) in [6.07, 6.45) is 0. The Kier molecular flexibility index (Phi) is 10.7. The Labute approximate surface area is 274 Å². The Bertz CT molecular complexity index is 1670. The Morgan fingerprint density at radius 3 is 2.28 bits per heavy atom. The van der Waals surface area contributed by atoms with Crippen molar-refractivity contribution in [2.45, 2.75) is 6.92 Å². The van der Waals surface area contributed by atoms with E-state index in [1.54, 1.807) is 51.4 Å². The average molecular weight is 641 g/mol. The lowest BCUT2D eigenvalue weighted by Crippen LogP contribution is -2.50. The number of esters is 1. The number of methoxy groups -OCH3 is 1. The highest BCUT2D eigenvalue weighted by Gasteiger charge is 2.30. The van der Waals surface area contributed by atoms with Crippen molar-refractivity contribution in [3.8, 4) is 0 Å². The number of fused-ring (bicyclic) bond motifs is 1. The molecule has 3 aromatic rings. The maximum absolute atomic E-state index is 13.4. The zero-order chi connectivity index (χ0) is 33.5. The minimum Gasteiger partial charge on any atom is -0.465 e. The van der Waals surface area contributed by atoms with Crippen LogP contribution in [0.2, 0.25) is 0 Å². The van der Waals surface area contributed by atoms with Crippen LogP contribution in [0, 0.1) is 6.92 Å². The normalized spacial score (nSPS) is 15.8. The van der Waals surface area contributed by atoms with Crippen LogP contribution in [0.3, 0.4) is 0 Å². The van der Waals surface area contributed by atoms with Crippen molar-refractivity contribution in [3.63, 3.8) is 0 Å². The Morgan fingerprint density at radius 2 is 1.62 bits per heavy atom. The molecule has 0 saturated carbocycles. The van der Waals surface area contributed by atoms with Crippen LogP contribution in [0.15, 0.2) is 66.7 Å². The van der Waals surface area contributed by atoms with E-state index in [2.05, 4.69) is 25.8 Å². The maximum Gasteiger partial charge on any atom is 0.338 e. The SMILES string of the molecule is CNC(=O)CN1CCN(CCON(C)C(=O)c2ccc(N/C(=C3\C(=O)Nc4cc(C(=O)OC)c(C)cc43)c3ccccc3)cc2)CC1. The molecule has 3 N–H and O–H groups in total. The number of aryl methyl sites for hydroxylation is 1. The maximum atomic E-state index is 13.4. The summed E-state index contributed by atoms with van der Waals surface area (Å²) in [6.45, 7) is 6.50. The molecule has 0 atom stereocenters. The summed E-state index contributed by atoms with van der Waals surface area (Å²) < 4.78 is 4.90. The molecule has 2 heterocycles. The van der Waals surface area contributed by atoms with Crippen LogP contribution in [-0.4, -0.2) is 106 Å². The topological polar surface area (TPSA) is 133 Å². The van der Waals surface area contributed by atoms with Crippen molar-refractivity contribution in [3.05, 3.63) is 94.5 Å². The van der Waals surface area contributed by atoms with Gasteiger partial charge in [0.1, 0.15) is 0 Å². The molecule has 0 aliphatic carbocycles. The predicted octanol–water partition coefficient (Wildman–Crippen LogP) is 3.08. The number of hydroxylamine groups is 2. The molecule has 0 unspecified atom stereocenters.